The number of carbonyl (C=O) groups is 1. The van der Waals surface area contributed by atoms with Crippen molar-refractivity contribution in [2.24, 2.45) is 0 Å². The first-order valence-electron chi connectivity index (χ1n) is 5.95. The highest BCUT2D eigenvalue weighted by atomic mass is 79.9. The van der Waals surface area contributed by atoms with E-state index in [2.05, 4.69) is 21.2 Å². The molecule has 2 rings (SSSR count). The fraction of sp³-hybridized carbons (Fsp3) is 0.462. The number of halogens is 1. The molecule has 0 spiro atoms. The lowest BCUT2D eigenvalue weighted by atomic mass is 10.2. The van der Waals surface area contributed by atoms with Gasteiger partial charge >= 0.3 is 6.09 Å². The zero-order chi connectivity index (χ0) is 14.0. The van der Waals surface area contributed by atoms with Gasteiger partial charge in [0.2, 0.25) is 0 Å². The van der Waals surface area contributed by atoms with Crippen LogP contribution >= 0.6 is 15.9 Å². The molecule has 0 aliphatic carbocycles. The van der Waals surface area contributed by atoms with E-state index in [-0.39, 0.29) is 0 Å². The fourth-order valence-corrected chi connectivity index (χ4v) is 2.03. The molecule has 0 unspecified atom stereocenters. The summed E-state index contributed by atoms with van der Waals surface area (Å²) in [6, 6.07) is 3.58. The Labute approximate surface area is 120 Å². The molecule has 0 saturated carbocycles. The number of carbonyl (C=O) groups excluding carboxylic acids is 1. The van der Waals surface area contributed by atoms with Gasteiger partial charge in [0.05, 0.1) is 0 Å². The van der Waals surface area contributed by atoms with Gasteiger partial charge < -0.3 is 14.2 Å². The highest BCUT2D eigenvalue weighted by Gasteiger charge is 2.22. The first-order chi connectivity index (χ1) is 8.87. The van der Waals surface area contributed by atoms with Crippen LogP contribution in [-0.4, -0.2) is 24.9 Å². The van der Waals surface area contributed by atoms with Gasteiger partial charge in [0, 0.05) is 4.47 Å². The Morgan fingerprint density at radius 1 is 1.32 bits per heavy atom. The third-order valence-corrected chi connectivity index (χ3v) is 2.94. The molecule has 0 radical (unpaired) electrons. The maximum Gasteiger partial charge on any atom is 0.412 e. The monoisotopic (exact) mass is 329 g/mol. The van der Waals surface area contributed by atoms with Crippen LogP contribution in [0.4, 0.5) is 10.5 Å². The maximum absolute atomic E-state index is 11.8. The molecule has 0 atom stereocenters. The van der Waals surface area contributed by atoms with E-state index in [0.717, 1.165) is 0 Å². The Hall–Kier alpha value is -1.43. The molecule has 1 aliphatic rings. The fourth-order valence-electron chi connectivity index (χ4n) is 1.61. The van der Waals surface area contributed by atoms with Gasteiger partial charge in [0.1, 0.15) is 24.5 Å². The standard InChI is InChI=1S/C13H16BrNO4/c1-13(2,3)19-12(16)15-10-8(14)4-5-9-11(10)18-7-6-17-9/h4-5H,6-7H2,1-3H3,(H,15,16). The molecule has 0 aromatic heterocycles. The van der Waals surface area contributed by atoms with Crippen molar-refractivity contribution in [3.63, 3.8) is 0 Å². The molecule has 0 saturated heterocycles. The maximum atomic E-state index is 11.8. The van der Waals surface area contributed by atoms with Crippen molar-refractivity contribution in [1.29, 1.82) is 0 Å². The quantitative estimate of drug-likeness (QED) is 0.855. The number of anilines is 1. The summed E-state index contributed by atoms with van der Waals surface area (Å²) >= 11 is 3.38. The van der Waals surface area contributed by atoms with Gasteiger partial charge in [-0.05, 0) is 48.8 Å². The van der Waals surface area contributed by atoms with Crippen molar-refractivity contribution in [1.82, 2.24) is 0 Å². The Balaban J connectivity index is 2.22. The minimum atomic E-state index is -0.553. The number of nitrogens with one attached hydrogen (secondary N) is 1. The van der Waals surface area contributed by atoms with Crippen LogP contribution in [0, 0.1) is 0 Å². The van der Waals surface area contributed by atoms with Crippen LogP contribution in [0.1, 0.15) is 20.8 Å². The zero-order valence-electron chi connectivity index (χ0n) is 11.1. The Bertz CT molecular complexity index is 496. The molecule has 1 aromatic rings. The Morgan fingerprint density at radius 3 is 2.68 bits per heavy atom. The van der Waals surface area contributed by atoms with Crippen molar-refractivity contribution < 1.29 is 19.0 Å². The molecule has 0 bridgehead atoms. The molecule has 1 amide bonds. The lowest BCUT2D eigenvalue weighted by Crippen LogP contribution is -2.28. The van der Waals surface area contributed by atoms with Crippen molar-refractivity contribution in [3.05, 3.63) is 16.6 Å². The minimum Gasteiger partial charge on any atom is -0.486 e. The van der Waals surface area contributed by atoms with Crippen LogP contribution in [0.15, 0.2) is 16.6 Å². The van der Waals surface area contributed by atoms with Crippen molar-refractivity contribution in [2.45, 2.75) is 26.4 Å². The molecular weight excluding hydrogens is 314 g/mol. The molecule has 19 heavy (non-hydrogen) atoms. The average molecular weight is 330 g/mol. The summed E-state index contributed by atoms with van der Waals surface area (Å²) in [5.74, 6) is 1.13. The van der Waals surface area contributed by atoms with Gasteiger partial charge in [0.25, 0.3) is 0 Å². The van der Waals surface area contributed by atoms with E-state index >= 15 is 0 Å². The normalized spacial score (nSPS) is 13.9. The molecule has 1 aliphatic heterocycles. The second-order valence-electron chi connectivity index (χ2n) is 5.07. The van der Waals surface area contributed by atoms with Crippen LogP contribution in [0.3, 0.4) is 0 Å². The van der Waals surface area contributed by atoms with Gasteiger partial charge in [0.15, 0.2) is 11.5 Å². The highest BCUT2D eigenvalue weighted by molar-refractivity contribution is 9.10. The molecule has 1 N–H and O–H groups in total. The van der Waals surface area contributed by atoms with Gasteiger partial charge in [-0.2, -0.15) is 0 Å². The summed E-state index contributed by atoms with van der Waals surface area (Å²) < 4.78 is 16.9. The second-order valence-corrected chi connectivity index (χ2v) is 5.93. The molecular formula is C13H16BrNO4. The van der Waals surface area contributed by atoms with E-state index in [9.17, 15) is 4.79 Å². The lowest BCUT2D eigenvalue weighted by molar-refractivity contribution is 0.0634. The molecule has 5 nitrogen and oxygen atoms in total. The van der Waals surface area contributed by atoms with E-state index < -0.39 is 11.7 Å². The predicted molar refractivity (Wildman–Crippen MR) is 75.0 cm³/mol. The number of fused-ring (bicyclic) bond motifs is 1. The van der Waals surface area contributed by atoms with E-state index in [1.807, 2.05) is 20.8 Å². The van der Waals surface area contributed by atoms with Crippen molar-refractivity contribution in [2.75, 3.05) is 18.5 Å². The first-order valence-corrected chi connectivity index (χ1v) is 6.74. The number of ether oxygens (including phenoxy) is 3. The number of amides is 1. The Kier molecular flexibility index (Phi) is 3.89. The van der Waals surface area contributed by atoms with Crippen LogP contribution in [0.5, 0.6) is 11.5 Å². The van der Waals surface area contributed by atoms with Gasteiger partial charge in [-0.25, -0.2) is 4.79 Å². The van der Waals surface area contributed by atoms with Crippen molar-refractivity contribution >= 4 is 27.7 Å². The lowest BCUT2D eigenvalue weighted by Gasteiger charge is -2.24. The summed E-state index contributed by atoms with van der Waals surface area (Å²) in [5.41, 5.74) is -0.0330. The summed E-state index contributed by atoms with van der Waals surface area (Å²) in [4.78, 5) is 11.8. The van der Waals surface area contributed by atoms with Gasteiger partial charge in [-0.3, -0.25) is 5.32 Å². The van der Waals surface area contributed by atoms with Crippen LogP contribution < -0.4 is 14.8 Å². The van der Waals surface area contributed by atoms with Crippen LogP contribution in [-0.2, 0) is 4.74 Å². The average Bonchev–Trinajstić information content (AvgIpc) is 2.31. The van der Waals surface area contributed by atoms with Gasteiger partial charge in [-0.15, -0.1) is 0 Å². The predicted octanol–water partition coefficient (Wildman–Crippen LogP) is 3.57. The van der Waals surface area contributed by atoms with Crippen LogP contribution in [0.25, 0.3) is 0 Å². The number of hydrogen-bond acceptors (Lipinski definition) is 4. The van der Waals surface area contributed by atoms with E-state index in [4.69, 9.17) is 14.2 Å². The molecule has 104 valence electrons. The molecule has 1 heterocycles. The molecule has 1 aromatic carbocycles. The summed E-state index contributed by atoms with van der Waals surface area (Å²) in [7, 11) is 0. The third-order valence-electron chi connectivity index (χ3n) is 2.28. The minimum absolute atomic E-state index is 0.451. The number of hydrogen-bond donors (Lipinski definition) is 1. The van der Waals surface area contributed by atoms with E-state index in [1.54, 1.807) is 12.1 Å². The highest BCUT2D eigenvalue weighted by Crippen LogP contribution is 2.42. The second kappa shape index (κ2) is 5.28. The smallest absolute Gasteiger partial charge is 0.412 e. The van der Waals surface area contributed by atoms with E-state index in [1.165, 1.54) is 0 Å². The largest absolute Gasteiger partial charge is 0.486 e. The summed E-state index contributed by atoms with van der Waals surface area (Å²) in [6.07, 6.45) is -0.532. The zero-order valence-corrected chi connectivity index (χ0v) is 12.7. The SMILES string of the molecule is CC(C)(C)OC(=O)Nc1c(Br)ccc2c1OCCO2. The first kappa shape index (κ1) is 14.0. The molecule has 6 heteroatoms. The van der Waals surface area contributed by atoms with E-state index in [0.29, 0.717) is 34.9 Å². The number of rotatable bonds is 1. The van der Waals surface area contributed by atoms with Crippen LogP contribution in [0.2, 0.25) is 0 Å². The van der Waals surface area contributed by atoms with Gasteiger partial charge in [-0.1, -0.05) is 0 Å². The third kappa shape index (κ3) is 3.53. The summed E-state index contributed by atoms with van der Waals surface area (Å²) in [5, 5.41) is 2.68. The Morgan fingerprint density at radius 2 is 2.00 bits per heavy atom. The number of benzene rings is 1. The summed E-state index contributed by atoms with van der Waals surface area (Å²) in [6.45, 7) is 6.37. The van der Waals surface area contributed by atoms with Crippen molar-refractivity contribution in [3.8, 4) is 11.5 Å². The topological polar surface area (TPSA) is 56.8 Å². The molecule has 0 fully saturated rings.